The van der Waals surface area contributed by atoms with Gasteiger partial charge in [-0.1, -0.05) is 12.1 Å². The molecule has 130 valence electrons. The standard InChI is InChI=1S/C12H17F3N4O3S/c1-23(20,21)19-7-6-17-11(16)18-8-9-2-4-10(5-3-9)22-12(13,14)15/h2-5,19H,6-8H2,1H3,(H3,16,17,18). The summed E-state index contributed by atoms with van der Waals surface area (Å²) < 4.78 is 63.7. The van der Waals surface area contributed by atoms with Gasteiger partial charge in [0, 0.05) is 13.1 Å². The van der Waals surface area contributed by atoms with Crippen LogP contribution in [-0.2, 0) is 16.6 Å². The van der Waals surface area contributed by atoms with Gasteiger partial charge in [0.1, 0.15) is 5.75 Å². The summed E-state index contributed by atoms with van der Waals surface area (Å²) in [7, 11) is -3.26. The van der Waals surface area contributed by atoms with Gasteiger partial charge < -0.3 is 15.8 Å². The summed E-state index contributed by atoms with van der Waals surface area (Å²) in [5.74, 6) is -0.223. The van der Waals surface area contributed by atoms with Gasteiger partial charge in [-0.15, -0.1) is 13.2 Å². The van der Waals surface area contributed by atoms with Crippen LogP contribution in [0.15, 0.2) is 29.3 Å². The molecule has 0 saturated heterocycles. The molecule has 4 N–H and O–H groups in total. The Labute approximate surface area is 131 Å². The summed E-state index contributed by atoms with van der Waals surface area (Å²) in [5, 5.41) is 2.70. The minimum atomic E-state index is -4.73. The number of hydrogen-bond donors (Lipinski definition) is 3. The van der Waals surface area contributed by atoms with Crippen LogP contribution in [0, 0.1) is 0 Å². The Morgan fingerprint density at radius 3 is 2.39 bits per heavy atom. The van der Waals surface area contributed by atoms with Crippen LogP contribution in [0.5, 0.6) is 5.75 Å². The lowest BCUT2D eigenvalue weighted by atomic mass is 10.2. The molecule has 0 aliphatic heterocycles. The first-order valence-corrected chi connectivity index (χ1v) is 8.27. The topological polar surface area (TPSA) is 106 Å². The molecule has 0 saturated carbocycles. The minimum absolute atomic E-state index is 0.0934. The van der Waals surface area contributed by atoms with Gasteiger partial charge in [-0.3, -0.25) is 0 Å². The van der Waals surface area contributed by atoms with Crippen molar-refractivity contribution in [2.45, 2.75) is 12.9 Å². The van der Waals surface area contributed by atoms with E-state index in [4.69, 9.17) is 5.73 Å². The second-order valence-electron chi connectivity index (χ2n) is 4.49. The van der Waals surface area contributed by atoms with Crippen molar-refractivity contribution >= 4 is 16.0 Å². The van der Waals surface area contributed by atoms with Crippen molar-refractivity contribution in [2.75, 3.05) is 19.3 Å². The van der Waals surface area contributed by atoms with Gasteiger partial charge in [-0.05, 0) is 17.7 Å². The first kappa shape index (κ1) is 19.0. The number of guanidine groups is 1. The zero-order valence-electron chi connectivity index (χ0n) is 12.2. The van der Waals surface area contributed by atoms with E-state index in [1.54, 1.807) is 0 Å². The number of aliphatic imine (C=N–C) groups is 1. The maximum absolute atomic E-state index is 12.0. The second kappa shape index (κ2) is 8.02. The third-order valence-electron chi connectivity index (χ3n) is 2.38. The molecule has 0 unspecified atom stereocenters. The Morgan fingerprint density at radius 1 is 1.26 bits per heavy atom. The Balaban J connectivity index is 2.41. The van der Waals surface area contributed by atoms with Gasteiger partial charge in [0.25, 0.3) is 0 Å². The van der Waals surface area contributed by atoms with Gasteiger partial charge in [0.05, 0.1) is 12.8 Å². The highest BCUT2D eigenvalue weighted by molar-refractivity contribution is 7.88. The lowest BCUT2D eigenvalue weighted by Gasteiger charge is -2.09. The summed E-state index contributed by atoms with van der Waals surface area (Å²) in [6.07, 6.45) is -3.69. The molecule has 0 aromatic heterocycles. The summed E-state index contributed by atoms with van der Waals surface area (Å²) in [6, 6.07) is 5.22. The smallest absolute Gasteiger partial charge is 0.406 e. The molecule has 0 bridgehead atoms. The van der Waals surface area contributed by atoms with Crippen molar-refractivity contribution in [2.24, 2.45) is 10.7 Å². The van der Waals surface area contributed by atoms with Gasteiger partial charge in [-0.2, -0.15) is 0 Å². The van der Waals surface area contributed by atoms with Crippen LogP contribution in [0.1, 0.15) is 5.56 Å². The van der Waals surface area contributed by atoms with Crippen molar-refractivity contribution < 1.29 is 26.3 Å². The number of alkyl halides is 3. The molecule has 1 rings (SSSR count). The van der Waals surface area contributed by atoms with Crippen LogP contribution in [0.25, 0.3) is 0 Å². The monoisotopic (exact) mass is 354 g/mol. The normalized spacial score (nSPS) is 13.0. The van der Waals surface area contributed by atoms with E-state index < -0.39 is 16.4 Å². The molecule has 0 fully saturated rings. The molecule has 0 spiro atoms. The minimum Gasteiger partial charge on any atom is -0.406 e. The number of halogens is 3. The number of nitrogens with one attached hydrogen (secondary N) is 2. The van der Waals surface area contributed by atoms with Gasteiger partial charge >= 0.3 is 6.36 Å². The second-order valence-corrected chi connectivity index (χ2v) is 6.32. The summed E-state index contributed by atoms with van der Waals surface area (Å²) >= 11 is 0. The molecule has 0 atom stereocenters. The van der Waals surface area contributed by atoms with Crippen LogP contribution in [0.3, 0.4) is 0 Å². The van der Waals surface area contributed by atoms with Crippen LogP contribution in [-0.4, -0.2) is 40.1 Å². The highest BCUT2D eigenvalue weighted by Gasteiger charge is 2.30. The average molecular weight is 354 g/mol. The van der Waals surface area contributed by atoms with Gasteiger partial charge in [0.15, 0.2) is 5.96 Å². The first-order chi connectivity index (χ1) is 10.6. The molecule has 0 amide bonds. The van der Waals surface area contributed by atoms with E-state index in [2.05, 4.69) is 19.8 Å². The number of sulfonamides is 1. The summed E-state index contributed by atoms with van der Waals surface area (Å²) in [5.41, 5.74) is 6.21. The molecule has 7 nitrogen and oxygen atoms in total. The van der Waals surface area contributed by atoms with Crippen molar-refractivity contribution in [3.63, 3.8) is 0 Å². The summed E-state index contributed by atoms with van der Waals surface area (Å²) in [4.78, 5) is 3.98. The van der Waals surface area contributed by atoms with Gasteiger partial charge in [-0.25, -0.2) is 18.1 Å². The van der Waals surface area contributed by atoms with E-state index in [0.717, 1.165) is 6.26 Å². The maximum atomic E-state index is 12.0. The van der Waals surface area contributed by atoms with Crippen LogP contribution < -0.4 is 20.5 Å². The number of hydrogen-bond acceptors (Lipinski definition) is 4. The van der Waals surface area contributed by atoms with Crippen LogP contribution in [0.4, 0.5) is 13.2 Å². The quantitative estimate of drug-likeness (QED) is 0.376. The predicted molar refractivity (Wildman–Crippen MR) is 79.3 cm³/mol. The molecule has 23 heavy (non-hydrogen) atoms. The third-order valence-corrected chi connectivity index (χ3v) is 3.11. The molecule has 0 radical (unpaired) electrons. The number of ether oxygens (including phenoxy) is 1. The first-order valence-electron chi connectivity index (χ1n) is 6.38. The van der Waals surface area contributed by atoms with E-state index >= 15 is 0 Å². The van der Waals surface area contributed by atoms with E-state index in [0.29, 0.717) is 5.56 Å². The fraction of sp³-hybridized carbons (Fsp3) is 0.417. The maximum Gasteiger partial charge on any atom is 0.573 e. The Bertz CT molecular complexity index is 630. The number of benzene rings is 1. The highest BCUT2D eigenvalue weighted by Crippen LogP contribution is 2.22. The van der Waals surface area contributed by atoms with E-state index in [1.165, 1.54) is 24.3 Å². The number of rotatable bonds is 7. The van der Waals surface area contributed by atoms with E-state index in [-0.39, 0.29) is 31.3 Å². The molecule has 0 aliphatic rings. The molecular weight excluding hydrogens is 337 g/mol. The van der Waals surface area contributed by atoms with Crippen LogP contribution in [0.2, 0.25) is 0 Å². The fourth-order valence-corrected chi connectivity index (χ4v) is 1.93. The fourth-order valence-electron chi connectivity index (χ4n) is 1.46. The molecule has 0 aliphatic carbocycles. The third kappa shape index (κ3) is 9.58. The zero-order valence-corrected chi connectivity index (χ0v) is 13.0. The largest absolute Gasteiger partial charge is 0.573 e. The zero-order chi connectivity index (χ0) is 17.5. The molecular formula is C12H17F3N4O3S. The number of nitrogens with two attached hydrogens (primary N) is 1. The molecule has 1 aromatic rings. The van der Waals surface area contributed by atoms with Gasteiger partial charge in [0.2, 0.25) is 10.0 Å². The van der Waals surface area contributed by atoms with Crippen molar-refractivity contribution in [3.05, 3.63) is 29.8 Å². The Kier molecular flexibility index (Phi) is 6.63. The molecule has 11 heteroatoms. The lowest BCUT2D eigenvalue weighted by molar-refractivity contribution is -0.274. The van der Waals surface area contributed by atoms with E-state index in [9.17, 15) is 21.6 Å². The Morgan fingerprint density at radius 2 is 1.87 bits per heavy atom. The SMILES string of the molecule is CS(=O)(=O)NCCNC(N)=NCc1ccc(OC(F)(F)F)cc1. The Hall–Kier alpha value is -2.01. The lowest BCUT2D eigenvalue weighted by Crippen LogP contribution is -2.38. The number of nitrogens with zero attached hydrogens (tertiary/aromatic N) is 1. The average Bonchev–Trinajstić information content (AvgIpc) is 2.40. The van der Waals surface area contributed by atoms with Crippen molar-refractivity contribution in [3.8, 4) is 5.75 Å². The van der Waals surface area contributed by atoms with Crippen molar-refractivity contribution in [1.82, 2.24) is 10.0 Å². The summed E-state index contributed by atoms with van der Waals surface area (Å²) in [6.45, 7) is 0.559. The predicted octanol–water partition coefficient (Wildman–Crippen LogP) is 0.539. The van der Waals surface area contributed by atoms with Crippen molar-refractivity contribution in [1.29, 1.82) is 0 Å². The molecule has 1 aromatic carbocycles. The highest BCUT2D eigenvalue weighted by atomic mass is 32.2. The van der Waals surface area contributed by atoms with E-state index in [1.807, 2.05) is 0 Å². The van der Waals surface area contributed by atoms with Crippen LogP contribution >= 0.6 is 0 Å². The molecule has 0 heterocycles.